The molecule has 0 spiro atoms. The van der Waals surface area contributed by atoms with Crippen LogP contribution in [0.5, 0.6) is 0 Å². The first-order valence-electron chi connectivity index (χ1n) is 44.2. The normalized spacial score (nSPS) is 12.3. The molecule has 1 N–H and O–H groups in total. The van der Waals surface area contributed by atoms with E-state index in [1.165, 1.54) is 430 Å². The van der Waals surface area contributed by atoms with E-state index in [4.69, 9.17) is 9.47 Å². The maximum Gasteiger partial charge on any atom is 0.306 e. The van der Waals surface area contributed by atoms with Gasteiger partial charge in [0, 0.05) is 12.8 Å². The molecule has 0 amide bonds. The van der Waals surface area contributed by atoms with Crippen molar-refractivity contribution in [3.05, 3.63) is 48.6 Å². The Labute approximate surface area is 602 Å². The third-order valence-corrected chi connectivity index (χ3v) is 20.6. The van der Waals surface area contributed by atoms with E-state index < -0.39 is 6.10 Å². The van der Waals surface area contributed by atoms with Gasteiger partial charge in [-0.05, 0) is 77.0 Å². The van der Waals surface area contributed by atoms with Crippen molar-refractivity contribution in [2.24, 2.45) is 0 Å². The van der Waals surface area contributed by atoms with Crippen molar-refractivity contribution in [1.82, 2.24) is 0 Å². The Morgan fingerprint density at radius 1 is 0.240 bits per heavy atom. The number of ether oxygens (including phenoxy) is 2. The van der Waals surface area contributed by atoms with Crippen molar-refractivity contribution in [1.29, 1.82) is 0 Å². The first-order chi connectivity index (χ1) is 47.6. The number of hydrogen-bond donors (Lipinski definition) is 1. The lowest BCUT2D eigenvalue weighted by atomic mass is 10.0. The van der Waals surface area contributed by atoms with E-state index >= 15 is 0 Å². The number of allylic oxidation sites excluding steroid dienone is 8. The fourth-order valence-electron chi connectivity index (χ4n) is 14.0. The molecule has 0 saturated carbocycles. The number of unbranched alkanes of at least 4 members (excludes halogenated alkanes) is 68. The van der Waals surface area contributed by atoms with Crippen LogP contribution in [0.25, 0.3) is 0 Å². The second-order valence-corrected chi connectivity index (χ2v) is 30.3. The van der Waals surface area contributed by atoms with Crippen molar-refractivity contribution in [2.45, 2.75) is 508 Å². The van der Waals surface area contributed by atoms with E-state index in [1.54, 1.807) is 0 Å². The number of carbonyl (C=O) groups excluding carboxylic acids is 2. The minimum absolute atomic E-state index is 0.0580. The summed E-state index contributed by atoms with van der Waals surface area (Å²) in [5.74, 6) is -0.560. The SMILES string of the molecule is CCCCCCC/C=C\C/C=C\C/C=C\CCCCCCCCCCCCCCCCCCCCCCCCCCCCC(=O)OC(CO)COC(=O)CCCCCCCCCCCCCCCCCCCCCCCCCCCCCCC/C=C\CCCCCCCCCC. The molecule has 0 aromatic heterocycles. The van der Waals surface area contributed by atoms with E-state index in [2.05, 4.69) is 62.5 Å². The van der Waals surface area contributed by atoms with Gasteiger partial charge in [0.15, 0.2) is 6.10 Å². The van der Waals surface area contributed by atoms with E-state index in [9.17, 15) is 14.7 Å². The molecule has 0 aliphatic rings. The largest absolute Gasteiger partial charge is 0.462 e. The lowest BCUT2D eigenvalue weighted by molar-refractivity contribution is -0.161. The van der Waals surface area contributed by atoms with Crippen molar-refractivity contribution in [3.8, 4) is 0 Å². The fourth-order valence-corrected chi connectivity index (χ4v) is 14.0. The summed E-state index contributed by atoms with van der Waals surface area (Å²) < 4.78 is 10.8. The summed E-state index contributed by atoms with van der Waals surface area (Å²) in [5.41, 5.74) is 0. The molecule has 0 rings (SSSR count). The predicted octanol–water partition coefficient (Wildman–Crippen LogP) is 31.3. The minimum Gasteiger partial charge on any atom is -0.462 e. The summed E-state index contributed by atoms with van der Waals surface area (Å²) in [6, 6.07) is 0. The molecule has 566 valence electrons. The van der Waals surface area contributed by atoms with Gasteiger partial charge in [0.05, 0.1) is 6.61 Å². The summed E-state index contributed by atoms with van der Waals surface area (Å²) >= 11 is 0. The van der Waals surface area contributed by atoms with Gasteiger partial charge in [-0.25, -0.2) is 0 Å². The van der Waals surface area contributed by atoms with Crippen LogP contribution in [0.4, 0.5) is 0 Å². The first-order valence-corrected chi connectivity index (χ1v) is 44.2. The number of hydrogen-bond acceptors (Lipinski definition) is 5. The Hall–Kier alpha value is -2.14. The molecule has 0 radical (unpaired) electrons. The zero-order valence-electron chi connectivity index (χ0n) is 65.4. The highest BCUT2D eigenvalue weighted by Gasteiger charge is 2.16. The van der Waals surface area contributed by atoms with Gasteiger partial charge < -0.3 is 14.6 Å². The van der Waals surface area contributed by atoms with Crippen LogP contribution in [-0.4, -0.2) is 36.4 Å². The highest BCUT2D eigenvalue weighted by molar-refractivity contribution is 5.70. The van der Waals surface area contributed by atoms with E-state index in [0.29, 0.717) is 12.8 Å². The Balaban J connectivity index is 3.34. The molecule has 0 saturated heterocycles. The van der Waals surface area contributed by atoms with Gasteiger partial charge in [-0.3, -0.25) is 9.59 Å². The molecular formula is C91H172O5. The van der Waals surface area contributed by atoms with Gasteiger partial charge in [0.2, 0.25) is 0 Å². The Morgan fingerprint density at radius 2 is 0.417 bits per heavy atom. The van der Waals surface area contributed by atoms with Crippen LogP contribution in [0.15, 0.2) is 48.6 Å². The average Bonchev–Trinajstić information content (AvgIpc) is 3.79. The minimum atomic E-state index is -0.770. The molecule has 96 heavy (non-hydrogen) atoms. The molecule has 1 unspecified atom stereocenters. The zero-order chi connectivity index (χ0) is 69.0. The van der Waals surface area contributed by atoms with Gasteiger partial charge in [0.1, 0.15) is 6.61 Å². The second-order valence-electron chi connectivity index (χ2n) is 30.3. The molecule has 0 bridgehead atoms. The molecular weight excluding hydrogens is 1170 g/mol. The van der Waals surface area contributed by atoms with Crippen LogP contribution in [0.3, 0.4) is 0 Å². The smallest absolute Gasteiger partial charge is 0.306 e. The summed E-state index contributed by atoms with van der Waals surface area (Å²) in [4.78, 5) is 24.8. The zero-order valence-corrected chi connectivity index (χ0v) is 65.4. The van der Waals surface area contributed by atoms with Crippen molar-refractivity contribution < 1.29 is 24.2 Å². The lowest BCUT2D eigenvalue weighted by Crippen LogP contribution is -2.28. The van der Waals surface area contributed by atoms with E-state index in [-0.39, 0.29) is 25.2 Å². The third-order valence-electron chi connectivity index (χ3n) is 20.6. The Morgan fingerprint density at radius 3 is 0.635 bits per heavy atom. The molecule has 0 aromatic rings. The number of aliphatic hydroxyl groups is 1. The number of esters is 2. The third kappa shape index (κ3) is 84.3. The molecule has 1 atom stereocenters. The topological polar surface area (TPSA) is 72.8 Å². The average molecular weight is 1350 g/mol. The molecule has 0 fully saturated rings. The standard InChI is InChI=1S/C91H172O5/c1-3-5-7-9-11-13-15-17-19-21-23-25-27-29-31-33-35-37-39-41-43-45-47-49-51-53-55-57-59-61-63-65-67-69-71-73-75-77-79-81-83-85-90(93)95-88-89(87-92)96-91(94)86-84-82-80-78-76-74-72-70-68-66-64-62-60-58-56-54-52-50-48-46-44-42-40-38-36-34-32-30-28-26-24-22-20-18-16-14-12-10-8-6-4-2/h16,18,21-24,28,30,89,92H,3-15,17,19-20,25-27,29,31-88H2,1-2H3/b18-16-,23-21-,24-22-,30-28-. The van der Waals surface area contributed by atoms with Crippen molar-refractivity contribution in [2.75, 3.05) is 13.2 Å². The van der Waals surface area contributed by atoms with Crippen LogP contribution >= 0.6 is 0 Å². The van der Waals surface area contributed by atoms with Crippen molar-refractivity contribution in [3.63, 3.8) is 0 Å². The first kappa shape index (κ1) is 93.9. The number of rotatable bonds is 84. The van der Waals surface area contributed by atoms with Gasteiger partial charge >= 0.3 is 11.9 Å². The maximum absolute atomic E-state index is 12.4. The van der Waals surface area contributed by atoms with Gasteiger partial charge in [-0.15, -0.1) is 0 Å². The van der Waals surface area contributed by atoms with E-state index in [0.717, 1.165) is 44.9 Å². The van der Waals surface area contributed by atoms with Crippen LogP contribution < -0.4 is 0 Å². The van der Waals surface area contributed by atoms with Crippen LogP contribution in [0, 0.1) is 0 Å². The molecule has 5 heteroatoms. The number of aliphatic hydroxyl groups excluding tert-OH is 1. The van der Waals surface area contributed by atoms with Gasteiger partial charge in [-0.1, -0.05) is 461 Å². The highest BCUT2D eigenvalue weighted by atomic mass is 16.6. The molecule has 0 heterocycles. The van der Waals surface area contributed by atoms with Crippen molar-refractivity contribution >= 4 is 11.9 Å². The molecule has 0 aliphatic carbocycles. The quantitative estimate of drug-likeness (QED) is 0.0373. The molecule has 5 nitrogen and oxygen atoms in total. The Kier molecular flexibility index (Phi) is 85.1. The molecule has 0 aliphatic heterocycles. The second kappa shape index (κ2) is 87.1. The summed E-state index contributed by atoms with van der Waals surface area (Å²) in [6.07, 6.45) is 120. The highest BCUT2D eigenvalue weighted by Crippen LogP contribution is 2.21. The van der Waals surface area contributed by atoms with Crippen LogP contribution in [0.2, 0.25) is 0 Å². The summed E-state index contributed by atoms with van der Waals surface area (Å²) in [5, 5.41) is 9.75. The number of carbonyl (C=O) groups is 2. The van der Waals surface area contributed by atoms with E-state index in [1.807, 2.05) is 0 Å². The monoisotopic (exact) mass is 1350 g/mol. The van der Waals surface area contributed by atoms with Crippen LogP contribution in [-0.2, 0) is 19.1 Å². The lowest BCUT2D eigenvalue weighted by Gasteiger charge is -2.15. The summed E-state index contributed by atoms with van der Waals surface area (Å²) in [7, 11) is 0. The van der Waals surface area contributed by atoms with Gasteiger partial charge in [0.25, 0.3) is 0 Å². The predicted molar refractivity (Wildman–Crippen MR) is 427 cm³/mol. The maximum atomic E-state index is 12.4. The molecule has 0 aromatic carbocycles. The van der Waals surface area contributed by atoms with Crippen LogP contribution in [0.1, 0.15) is 502 Å². The van der Waals surface area contributed by atoms with Gasteiger partial charge in [-0.2, -0.15) is 0 Å². The fraction of sp³-hybridized carbons (Fsp3) is 0.890. The Bertz CT molecular complexity index is 1580. The summed E-state index contributed by atoms with van der Waals surface area (Å²) in [6.45, 7) is 4.20.